The third-order valence-electron chi connectivity index (χ3n) is 5.40. The van der Waals surface area contributed by atoms with Crippen LogP contribution >= 0.6 is 0 Å². The zero-order valence-corrected chi connectivity index (χ0v) is 15.0. The summed E-state index contributed by atoms with van der Waals surface area (Å²) in [5, 5.41) is 0. The first kappa shape index (κ1) is 17.4. The maximum Gasteiger partial charge on any atom is 0.503 e. The van der Waals surface area contributed by atoms with E-state index in [9.17, 15) is 0 Å². The lowest BCUT2D eigenvalue weighted by Gasteiger charge is -2.36. The van der Waals surface area contributed by atoms with Gasteiger partial charge >= 0.3 is 8.80 Å². The van der Waals surface area contributed by atoms with Crippen LogP contribution in [0.25, 0.3) is 0 Å². The number of hydrogen-bond acceptors (Lipinski definition) is 5. The first-order valence-corrected chi connectivity index (χ1v) is 9.66. The van der Waals surface area contributed by atoms with Crippen LogP contribution in [0.3, 0.4) is 0 Å². The largest absolute Gasteiger partial charge is 0.503 e. The second-order valence-electron chi connectivity index (χ2n) is 6.39. The van der Waals surface area contributed by atoms with E-state index in [1.54, 1.807) is 28.4 Å². The fourth-order valence-electron chi connectivity index (χ4n) is 4.19. The number of ether oxygens (including phenoxy) is 2. The van der Waals surface area contributed by atoms with Gasteiger partial charge in [0, 0.05) is 40.6 Å². The van der Waals surface area contributed by atoms with E-state index >= 15 is 0 Å². The van der Waals surface area contributed by atoms with Gasteiger partial charge in [0.1, 0.15) is 0 Å². The summed E-state index contributed by atoms with van der Waals surface area (Å²) in [5.74, 6) is 2.06. The Labute approximate surface area is 129 Å². The SMILES string of the molecule is COC(C)COCC1CC2CC1CC2[Si](OC)(OC)OC. The van der Waals surface area contributed by atoms with Gasteiger partial charge in [0.05, 0.1) is 12.7 Å². The third kappa shape index (κ3) is 3.51. The van der Waals surface area contributed by atoms with Gasteiger partial charge < -0.3 is 22.8 Å². The highest BCUT2D eigenvalue weighted by molar-refractivity contribution is 6.62. The van der Waals surface area contributed by atoms with Crippen LogP contribution in [0.15, 0.2) is 0 Å². The van der Waals surface area contributed by atoms with Gasteiger partial charge in [-0.05, 0) is 43.9 Å². The molecule has 2 aliphatic carbocycles. The highest BCUT2D eigenvalue weighted by Crippen LogP contribution is 2.58. The topological polar surface area (TPSA) is 46.2 Å². The zero-order chi connectivity index (χ0) is 15.5. The molecular formula is C15H30O5Si. The number of methoxy groups -OCH3 is 1. The van der Waals surface area contributed by atoms with E-state index in [0.717, 1.165) is 18.9 Å². The maximum atomic E-state index is 5.82. The highest BCUT2D eigenvalue weighted by Gasteiger charge is 2.59. The van der Waals surface area contributed by atoms with E-state index in [1.165, 1.54) is 12.8 Å². The molecule has 0 aromatic rings. The lowest BCUT2D eigenvalue weighted by Crippen LogP contribution is -2.49. The van der Waals surface area contributed by atoms with Crippen molar-refractivity contribution in [3.05, 3.63) is 0 Å². The van der Waals surface area contributed by atoms with E-state index in [1.807, 2.05) is 6.92 Å². The van der Waals surface area contributed by atoms with Crippen molar-refractivity contribution < 1.29 is 22.8 Å². The summed E-state index contributed by atoms with van der Waals surface area (Å²) in [6.45, 7) is 3.57. The summed E-state index contributed by atoms with van der Waals surface area (Å²) in [6.07, 6.45) is 3.80. The van der Waals surface area contributed by atoms with Gasteiger partial charge in [0.15, 0.2) is 0 Å². The van der Waals surface area contributed by atoms with Crippen LogP contribution in [0.4, 0.5) is 0 Å². The van der Waals surface area contributed by atoms with Gasteiger partial charge in [-0.15, -0.1) is 0 Å². The summed E-state index contributed by atoms with van der Waals surface area (Å²) < 4.78 is 28.1. The standard InChI is InChI=1S/C15H30O5Si/c1-11(16-2)9-20-10-14-7-13-6-12(14)8-15(13)21(17-3,18-4)19-5/h11-15H,6-10H2,1-5H3. The van der Waals surface area contributed by atoms with Crippen molar-refractivity contribution in [1.82, 2.24) is 0 Å². The molecule has 5 atom stereocenters. The molecular weight excluding hydrogens is 288 g/mol. The third-order valence-corrected chi connectivity index (χ3v) is 8.72. The van der Waals surface area contributed by atoms with Gasteiger partial charge in [-0.1, -0.05) is 0 Å². The van der Waals surface area contributed by atoms with E-state index in [-0.39, 0.29) is 6.10 Å². The molecule has 2 rings (SSSR count). The van der Waals surface area contributed by atoms with Crippen LogP contribution in [-0.4, -0.2) is 56.6 Å². The lowest BCUT2D eigenvalue weighted by molar-refractivity contribution is -0.00201. The number of rotatable bonds is 9. The Morgan fingerprint density at radius 3 is 2.10 bits per heavy atom. The van der Waals surface area contributed by atoms with Crippen molar-refractivity contribution in [3.8, 4) is 0 Å². The molecule has 0 saturated heterocycles. The average molecular weight is 318 g/mol. The van der Waals surface area contributed by atoms with Crippen LogP contribution in [0.5, 0.6) is 0 Å². The average Bonchev–Trinajstić information content (AvgIpc) is 3.10. The molecule has 0 heterocycles. The normalized spacial score (nSPS) is 33.6. The molecule has 124 valence electrons. The fourth-order valence-corrected chi connectivity index (χ4v) is 7.04. The molecule has 5 nitrogen and oxygen atoms in total. The Bertz CT molecular complexity index is 315. The van der Waals surface area contributed by atoms with Gasteiger partial charge in [-0.3, -0.25) is 0 Å². The van der Waals surface area contributed by atoms with Crippen molar-refractivity contribution in [2.75, 3.05) is 41.7 Å². The number of fused-ring (bicyclic) bond motifs is 2. The van der Waals surface area contributed by atoms with E-state index in [2.05, 4.69) is 0 Å². The Balaban J connectivity index is 1.84. The molecule has 0 aromatic heterocycles. The molecule has 2 saturated carbocycles. The first-order chi connectivity index (χ1) is 10.1. The van der Waals surface area contributed by atoms with Crippen LogP contribution in [0.1, 0.15) is 26.2 Å². The van der Waals surface area contributed by atoms with Gasteiger partial charge in [0.2, 0.25) is 0 Å². The summed E-state index contributed by atoms with van der Waals surface area (Å²) in [6, 6.07) is 0. The second-order valence-corrected chi connectivity index (χ2v) is 9.57. The fraction of sp³-hybridized carbons (Fsp3) is 1.00. The van der Waals surface area contributed by atoms with E-state index < -0.39 is 8.80 Å². The molecule has 0 aliphatic heterocycles. The van der Waals surface area contributed by atoms with Crippen LogP contribution in [-0.2, 0) is 22.8 Å². The number of hydrogen-bond donors (Lipinski definition) is 0. The van der Waals surface area contributed by atoms with E-state index in [0.29, 0.717) is 24.0 Å². The highest BCUT2D eigenvalue weighted by atomic mass is 28.4. The summed E-state index contributed by atoms with van der Waals surface area (Å²) >= 11 is 0. The molecule has 0 radical (unpaired) electrons. The minimum absolute atomic E-state index is 0.173. The molecule has 0 amide bonds. The molecule has 21 heavy (non-hydrogen) atoms. The molecule has 0 spiro atoms. The molecule has 2 bridgehead atoms. The van der Waals surface area contributed by atoms with Crippen LogP contribution in [0, 0.1) is 17.8 Å². The van der Waals surface area contributed by atoms with Crippen molar-refractivity contribution in [2.24, 2.45) is 17.8 Å². The van der Waals surface area contributed by atoms with Crippen molar-refractivity contribution in [3.63, 3.8) is 0 Å². The maximum absolute atomic E-state index is 5.82. The van der Waals surface area contributed by atoms with Crippen LogP contribution < -0.4 is 0 Å². The molecule has 5 unspecified atom stereocenters. The molecule has 2 aliphatic rings. The summed E-state index contributed by atoms with van der Waals surface area (Å²) in [5.41, 5.74) is 0.455. The predicted molar refractivity (Wildman–Crippen MR) is 82.1 cm³/mol. The quantitative estimate of drug-likeness (QED) is 0.611. The van der Waals surface area contributed by atoms with Gasteiger partial charge in [0.25, 0.3) is 0 Å². The minimum atomic E-state index is -2.48. The molecule has 0 N–H and O–H groups in total. The van der Waals surface area contributed by atoms with Crippen molar-refractivity contribution in [1.29, 1.82) is 0 Å². The van der Waals surface area contributed by atoms with E-state index in [4.69, 9.17) is 22.8 Å². The summed E-state index contributed by atoms with van der Waals surface area (Å²) in [7, 11) is 4.40. The smallest absolute Gasteiger partial charge is 0.379 e. The Morgan fingerprint density at radius 2 is 1.62 bits per heavy atom. The van der Waals surface area contributed by atoms with Gasteiger partial charge in [-0.25, -0.2) is 0 Å². The van der Waals surface area contributed by atoms with Crippen molar-refractivity contribution >= 4 is 8.80 Å². The monoisotopic (exact) mass is 318 g/mol. The Hall–Kier alpha value is 0.0169. The Kier molecular flexibility index (Phi) is 6.22. The first-order valence-electron chi connectivity index (χ1n) is 7.86. The Morgan fingerprint density at radius 1 is 0.952 bits per heavy atom. The molecule has 6 heteroatoms. The van der Waals surface area contributed by atoms with Crippen molar-refractivity contribution in [2.45, 2.75) is 37.8 Å². The molecule has 0 aromatic carbocycles. The lowest BCUT2D eigenvalue weighted by atomic mass is 9.89. The predicted octanol–water partition coefficient (Wildman–Crippen LogP) is 2.33. The minimum Gasteiger partial charge on any atom is -0.379 e. The molecule has 2 fully saturated rings. The van der Waals surface area contributed by atoms with Crippen LogP contribution in [0.2, 0.25) is 5.54 Å². The second kappa shape index (κ2) is 7.52. The zero-order valence-electron chi connectivity index (χ0n) is 14.0. The summed E-state index contributed by atoms with van der Waals surface area (Å²) in [4.78, 5) is 0. The van der Waals surface area contributed by atoms with Gasteiger partial charge in [-0.2, -0.15) is 0 Å².